The Kier molecular flexibility index (Phi) is 16.4. The predicted molar refractivity (Wildman–Crippen MR) is 178 cm³/mol. The van der Waals surface area contributed by atoms with Crippen molar-refractivity contribution in [3.05, 3.63) is 94.3 Å². The Morgan fingerprint density at radius 2 is 1.26 bits per heavy atom. The first-order valence-electron chi connectivity index (χ1n) is 15.0. The SMILES string of the molecule is CCCN(Cc1ccccc1)C(C)=C1C=NCCCN=CC(=C(C)NCc2ccccc2)C(C)=NCCCN=C1C.[Ni+2]. The minimum absolute atomic E-state index is 0. The van der Waals surface area contributed by atoms with Crippen molar-refractivity contribution in [3.63, 3.8) is 0 Å². The molecule has 0 bridgehead atoms. The molecular formula is C35H48N6Ni+2. The van der Waals surface area contributed by atoms with Crippen molar-refractivity contribution in [2.75, 3.05) is 32.7 Å². The van der Waals surface area contributed by atoms with E-state index < -0.39 is 0 Å². The van der Waals surface area contributed by atoms with E-state index in [0.717, 1.165) is 93.3 Å². The van der Waals surface area contributed by atoms with Crippen LogP contribution in [0.3, 0.4) is 0 Å². The van der Waals surface area contributed by atoms with Crippen molar-refractivity contribution in [1.29, 1.82) is 0 Å². The van der Waals surface area contributed by atoms with Crippen LogP contribution in [0.5, 0.6) is 0 Å². The van der Waals surface area contributed by atoms with Gasteiger partial charge in [-0.05, 0) is 58.1 Å². The van der Waals surface area contributed by atoms with Gasteiger partial charge in [0.2, 0.25) is 0 Å². The Labute approximate surface area is 263 Å². The third kappa shape index (κ3) is 11.9. The summed E-state index contributed by atoms with van der Waals surface area (Å²) in [6.07, 6.45) is 6.87. The van der Waals surface area contributed by atoms with E-state index in [2.05, 4.69) is 99.4 Å². The first kappa shape index (κ1) is 34.9. The van der Waals surface area contributed by atoms with E-state index in [1.165, 1.54) is 16.8 Å². The fraction of sp³-hybridized carbons (Fsp3) is 0.429. The maximum absolute atomic E-state index is 4.97. The molecule has 0 amide bonds. The minimum Gasteiger partial charge on any atom is -0.384 e. The van der Waals surface area contributed by atoms with Gasteiger partial charge in [-0.3, -0.25) is 20.0 Å². The molecule has 0 spiro atoms. The Bertz CT molecular complexity index is 1260. The van der Waals surface area contributed by atoms with Crippen LogP contribution in [0.1, 0.15) is 65.0 Å². The number of allylic oxidation sites excluding steroid dienone is 4. The molecule has 7 heteroatoms. The average molecular weight is 612 g/mol. The third-order valence-corrected chi connectivity index (χ3v) is 7.19. The second kappa shape index (κ2) is 19.7. The topological polar surface area (TPSA) is 64.7 Å². The molecule has 6 nitrogen and oxygen atoms in total. The van der Waals surface area contributed by atoms with E-state index >= 15 is 0 Å². The third-order valence-electron chi connectivity index (χ3n) is 7.19. The van der Waals surface area contributed by atoms with Crippen molar-refractivity contribution in [2.24, 2.45) is 20.0 Å². The molecule has 2 aromatic carbocycles. The molecule has 1 heterocycles. The van der Waals surface area contributed by atoms with Gasteiger partial charge in [0, 0.05) is 92.2 Å². The van der Waals surface area contributed by atoms with Crippen molar-refractivity contribution in [1.82, 2.24) is 10.2 Å². The summed E-state index contributed by atoms with van der Waals surface area (Å²) in [6, 6.07) is 21.1. The molecule has 0 fully saturated rings. The quantitative estimate of drug-likeness (QED) is 0.324. The second-order valence-corrected chi connectivity index (χ2v) is 10.5. The van der Waals surface area contributed by atoms with Crippen LogP contribution in [0, 0.1) is 0 Å². The standard InChI is InChI=1S/C35H48N6.Ni/c1-6-23-41(27-33-17-11-8-12-18-33)31(5)35-26-37-20-13-19-36-25-34(28(2)38-21-14-22-39-30(35)4)29(3)40-24-32-15-9-7-10-16-32;/h7-12,15-18,25-26,40H,6,13-14,19-24,27H2,1-5H3;/q;+2. The van der Waals surface area contributed by atoms with Gasteiger partial charge in [-0.15, -0.1) is 0 Å². The molecule has 0 unspecified atom stereocenters. The Hall–Kier alpha value is -3.31. The van der Waals surface area contributed by atoms with Crippen molar-refractivity contribution in [3.8, 4) is 0 Å². The first-order chi connectivity index (χ1) is 20.0. The van der Waals surface area contributed by atoms with Crippen molar-refractivity contribution in [2.45, 2.75) is 67.0 Å². The molecule has 3 rings (SSSR count). The zero-order chi connectivity index (χ0) is 29.3. The fourth-order valence-corrected chi connectivity index (χ4v) is 4.74. The normalized spacial score (nSPS) is 17.5. The van der Waals surface area contributed by atoms with Crippen LogP contribution in [-0.4, -0.2) is 61.5 Å². The Morgan fingerprint density at radius 1 is 0.738 bits per heavy atom. The number of aliphatic imine (C=N–C) groups is 4. The van der Waals surface area contributed by atoms with E-state index in [1.54, 1.807) is 0 Å². The molecule has 42 heavy (non-hydrogen) atoms. The van der Waals surface area contributed by atoms with Gasteiger partial charge in [-0.1, -0.05) is 67.6 Å². The average Bonchev–Trinajstić information content (AvgIpc) is 2.99. The molecule has 1 N–H and O–H groups in total. The Morgan fingerprint density at radius 3 is 1.86 bits per heavy atom. The van der Waals surface area contributed by atoms with Crippen LogP contribution >= 0.6 is 0 Å². The summed E-state index contributed by atoms with van der Waals surface area (Å²) in [4.78, 5) is 21.9. The number of rotatable bonds is 8. The van der Waals surface area contributed by atoms with Crippen LogP contribution in [0.15, 0.2) is 103 Å². The van der Waals surface area contributed by atoms with Crippen LogP contribution in [0.2, 0.25) is 0 Å². The van der Waals surface area contributed by atoms with E-state index in [1.807, 2.05) is 18.5 Å². The monoisotopic (exact) mass is 610 g/mol. The Balaban J connectivity index is 0.00000616. The molecule has 0 radical (unpaired) electrons. The molecule has 2 aromatic rings. The van der Waals surface area contributed by atoms with Gasteiger partial charge >= 0.3 is 16.5 Å². The fourth-order valence-electron chi connectivity index (χ4n) is 4.74. The van der Waals surface area contributed by atoms with E-state index in [0.29, 0.717) is 0 Å². The van der Waals surface area contributed by atoms with Gasteiger partial charge in [-0.2, -0.15) is 0 Å². The zero-order valence-electron chi connectivity index (χ0n) is 26.1. The zero-order valence-corrected chi connectivity index (χ0v) is 27.0. The smallest absolute Gasteiger partial charge is 0.384 e. The van der Waals surface area contributed by atoms with Gasteiger partial charge in [-0.25, -0.2) is 0 Å². The molecule has 1 aliphatic heterocycles. The summed E-state index contributed by atoms with van der Waals surface area (Å²) in [6.45, 7) is 16.3. The van der Waals surface area contributed by atoms with Crippen LogP contribution in [0.4, 0.5) is 0 Å². The predicted octanol–water partition coefficient (Wildman–Crippen LogP) is 7.09. The van der Waals surface area contributed by atoms with Gasteiger partial charge in [0.05, 0.1) is 0 Å². The van der Waals surface area contributed by atoms with Crippen molar-refractivity contribution >= 4 is 23.9 Å². The van der Waals surface area contributed by atoms with Gasteiger partial charge < -0.3 is 10.2 Å². The van der Waals surface area contributed by atoms with Gasteiger partial charge in [0.15, 0.2) is 0 Å². The summed E-state index contributed by atoms with van der Waals surface area (Å²) in [5.41, 5.74) is 9.09. The largest absolute Gasteiger partial charge is 2.00 e. The first-order valence-corrected chi connectivity index (χ1v) is 15.0. The maximum atomic E-state index is 4.97. The van der Waals surface area contributed by atoms with Gasteiger partial charge in [0.1, 0.15) is 0 Å². The number of benzene rings is 2. The van der Waals surface area contributed by atoms with Crippen LogP contribution < -0.4 is 5.32 Å². The summed E-state index contributed by atoms with van der Waals surface area (Å²) in [5.74, 6) is 0. The molecule has 1 aliphatic rings. The molecule has 226 valence electrons. The summed E-state index contributed by atoms with van der Waals surface area (Å²) in [7, 11) is 0. The van der Waals surface area contributed by atoms with Crippen LogP contribution in [-0.2, 0) is 29.6 Å². The van der Waals surface area contributed by atoms with E-state index in [9.17, 15) is 0 Å². The van der Waals surface area contributed by atoms with Crippen LogP contribution in [0.25, 0.3) is 0 Å². The number of hydrogen-bond acceptors (Lipinski definition) is 6. The van der Waals surface area contributed by atoms with Gasteiger partial charge in [0.25, 0.3) is 0 Å². The molecule has 0 saturated heterocycles. The molecule has 0 aliphatic carbocycles. The van der Waals surface area contributed by atoms with Crippen molar-refractivity contribution < 1.29 is 16.5 Å². The molecular weight excluding hydrogens is 563 g/mol. The molecule has 0 atom stereocenters. The number of nitrogens with one attached hydrogen (secondary N) is 1. The summed E-state index contributed by atoms with van der Waals surface area (Å²) < 4.78 is 0. The second-order valence-electron chi connectivity index (χ2n) is 10.5. The summed E-state index contributed by atoms with van der Waals surface area (Å²) in [5, 5.41) is 3.56. The number of nitrogens with zero attached hydrogens (tertiary/aromatic N) is 5. The molecule has 0 aromatic heterocycles. The number of hydrogen-bond donors (Lipinski definition) is 1. The van der Waals surface area contributed by atoms with E-state index in [4.69, 9.17) is 20.0 Å². The van der Waals surface area contributed by atoms with E-state index in [-0.39, 0.29) is 16.5 Å². The molecule has 0 saturated carbocycles. The maximum Gasteiger partial charge on any atom is 2.00 e. The summed E-state index contributed by atoms with van der Waals surface area (Å²) >= 11 is 0. The minimum atomic E-state index is 0.